The Bertz CT molecular complexity index is 617. The van der Waals surface area contributed by atoms with Crippen molar-refractivity contribution in [3.05, 3.63) is 41.6 Å². The first-order chi connectivity index (χ1) is 9.58. The summed E-state index contributed by atoms with van der Waals surface area (Å²) in [6.07, 6.45) is 1.58. The first-order valence-electron chi connectivity index (χ1n) is 6.05. The molecule has 7 nitrogen and oxygen atoms in total. The van der Waals surface area contributed by atoms with Gasteiger partial charge in [0.2, 0.25) is 0 Å². The van der Waals surface area contributed by atoms with E-state index >= 15 is 0 Å². The van der Waals surface area contributed by atoms with Crippen LogP contribution < -0.4 is 5.73 Å². The first-order valence-corrected chi connectivity index (χ1v) is 6.05. The fraction of sp³-hybridized carbons (Fsp3) is 0.231. The normalized spacial score (nSPS) is 10.9. The largest absolute Gasteiger partial charge is 0.369 e. The number of aliphatic imine (C=N–C) groups is 1. The Kier molecular flexibility index (Phi) is 4.09. The number of rotatable bonds is 5. The van der Waals surface area contributed by atoms with Crippen molar-refractivity contribution >= 4 is 18.1 Å². The predicted octanol–water partition coefficient (Wildman–Crippen LogP) is 0.647. The minimum Gasteiger partial charge on any atom is -0.369 e. The number of aromatic nitrogens is 3. The van der Waals surface area contributed by atoms with Crippen LogP contribution in [0.25, 0.3) is 0 Å². The zero-order valence-electron chi connectivity index (χ0n) is 11.4. The van der Waals surface area contributed by atoms with Crippen molar-refractivity contribution in [2.45, 2.75) is 6.54 Å². The summed E-state index contributed by atoms with van der Waals surface area (Å²) in [6.45, 7) is 0.473. The summed E-state index contributed by atoms with van der Waals surface area (Å²) in [5, 5.41) is 7.74. The van der Waals surface area contributed by atoms with Crippen LogP contribution in [-0.2, 0) is 6.54 Å². The van der Waals surface area contributed by atoms with E-state index in [2.05, 4.69) is 15.3 Å². The second kappa shape index (κ2) is 5.96. The lowest BCUT2D eigenvalue weighted by Crippen LogP contribution is -2.13. The molecule has 1 aromatic heterocycles. The van der Waals surface area contributed by atoms with E-state index in [-0.39, 0.29) is 5.69 Å². The summed E-state index contributed by atoms with van der Waals surface area (Å²) in [5.41, 5.74) is 6.39. The highest BCUT2D eigenvalue weighted by Crippen LogP contribution is 2.17. The third-order valence-corrected chi connectivity index (χ3v) is 2.53. The van der Waals surface area contributed by atoms with Gasteiger partial charge in [0.15, 0.2) is 11.5 Å². The molecule has 2 rings (SSSR count). The third kappa shape index (κ3) is 3.19. The van der Waals surface area contributed by atoms with Crippen LogP contribution in [0.4, 0.5) is 5.82 Å². The van der Waals surface area contributed by atoms with Crippen molar-refractivity contribution in [3.8, 4) is 0 Å². The fourth-order valence-electron chi connectivity index (χ4n) is 1.63. The van der Waals surface area contributed by atoms with Crippen molar-refractivity contribution in [1.29, 1.82) is 0 Å². The maximum atomic E-state index is 11.4. The molecule has 104 valence electrons. The van der Waals surface area contributed by atoms with Gasteiger partial charge in [0.05, 0.1) is 12.9 Å². The van der Waals surface area contributed by atoms with Crippen LogP contribution >= 0.6 is 0 Å². The zero-order valence-corrected chi connectivity index (χ0v) is 11.4. The van der Waals surface area contributed by atoms with Gasteiger partial charge in [-0.15, -0.1) is 5.10 Å². The fourth-order valence-corrected chi connectivity index (χ4v) is 1.63. The Morgan fingerprint density at radius 2 is 2.10 bits per heavy atom. The van der Waals surface area contributed by atoms with Crippen molar-refractivity contribution in [2.75, 3.05) is 14.1 Å². The van der Waals surface area contributed by atoms with Crippen LogP contribution in [0.5, 0.6) is 0 Å². The smallest absolute Gasteiger partial charge is 0.273 e. The molecule has 7 heteroatoms. The molecule has 0 unspecified atom stereocenters. The third-order valence-electron chi connectivity index (χ3n) is 2.53. The Labute approximate surface area is 116 Å². The van der Waals surface area contributed by atoms with Crippen molar-refractivity contribution in [1.82, 2.24) is 19.9 Å². The number of amides is 1. The molecule has 0 aliphatic rings. The van der Waals surface area contributed by atoms with E-state index in [4.69, 9.17) is 5.73 Å². The number of nitrogens with zero attached hydrogens (tertiary/aromatic N) is 5. The molecule has 0 aliphatic carbocycles. The lowest BCUT2D eigenvalue weighted by Gasteiger charge is -2.05. The Morgan fingerprint density at radius 3 is 2.70 bits per heavy atom. The number of benzene rings is 1. The predicted molar refractivity (Wildman–Crippen MR) is 75.9 cm³/mol. The van der Waals surface area contributed by atoms with Crippen LogP contribution in [0, 0.1) is 0 Å². The van der Waals surface area contributed by atoms with Crippen LogP contribution in [0.15, 0.2) is 35.3 Å². The van der Waals surface area contributed by atoms with Gasteiger partial charge in [-0.05, 0) is 5.56 Å². The molecule has 0 aliphatic heterocycles. The molecule has 0 atom stereocenters. The summed E-state index contributed by atoms with van der Waals surface area (Å²) >= 11 is 0. The van der Waals surface area contributed by atoms with E-state index < -0.39 is 5.91 Å². The highest BCUT2D eigenvalue weighted by atomic mass is 16.1. The highest BCUT2D eigenvalue weighted by molar-refractivity contribution is 5.95. The van der Waals surface area contributed by atoms with Gasteiger partial charge in [-0.2, -0.15) is 0 Å². The molecule has 0 spiro atoms. The van der Waals surface area contributed by atoms with E-state index in [0.29, 0.717) is 12.4 Å². The molecule has 0 saturated heterocycles. The number of primary amides is 1. The van der Waals surface area contributed by atoms with Crippen LogP contribution in [0.1, 0.15) is 16.1 Å². The van der Waals surface area contributed by atoms with E-state index in [9.17, 15) is 4.79 Å². The molecule has 2 aromatic rings. The summed E-state index contributed by atoms with van der Waals surface area (Å²) in [7, 11) is 3.66. The second-order valence-corrected chi connectivity index (χ2v) is 4.48. The molecule has 1 heterocycles. The Hall–Kier alpha value is -2.70. The van der Waals surface area contributed by atoms with E-state index in [0.717, 1.165) is 5.56 Å². The monoisotopic (exact) mass is 272 g/mol. The average Bonchev–Trinajstić information content (AvgIpc) is 2.80. The number of carbonyl (C=O) groups is 1. The van der Waals surface area contributed by atoms with Gasteiger partial charge >= 0.3 is 0 Å². The molecular formula is C13H16N6O. The summed E-state index contributed by atoms with van der Waals surface area (Å²) in [4.78, 5) is 17.3. The van der Waals surface area contributed by atoms with Crippen molar-refractivity contribution in [2.24, 2.45) is 10.7 Å². The van der Waals surface area contributed by atoms with Crippen molar-refractivity contribution < 1.29 is 4.79 Å². The molecule has 20 heavy (non-hydrogen) atoms. The van der Waals surface area contributed by atoms with Crippen LogP contribution in [0.2, 0.25) is 0 Å². The van der Waals surface area contributed by atoms with Crippen LogP contribution in [-0.4, -0.2) is 46.2 Å². The summed E-state index contributed by atoms with van der Waals surface area (Å²) < 4.78 is 1.55. The minimum absolute atomic E-state index is 0.0685. The van der Waals surface area contributed by atoms with Crippen molar-refractivity contribution in [3.63, 3.8) is 0 Å². The molecule has 1 aromatic carbocycles. The van der Waals surface area contributed by atoms with Gasteiger partial charge in [-0.3, -0.25) is 4.79 Å². The van der Waals surface area contributed by atoms with Gasteiger partial charge in [0.25, 0.3) is 5.91 Å². The summed E-state index contributed by atoms with van der Waals surface area (Å²) in [6, 6.07) is 9.73. The molecular weight excluding hydrogens is 256 g/mol. The van der Waals surface area contributed by atoms with Gasteiger partial charge in [-0.1, -0.05) is 35.5 Å². The highest BCUT2D eigenvalue weighted by Gasteiger charge is 2.16. The van der Waals surface area contributed by atoms with Gasteiger partial charge < -0.3 is 10.6 Å². The quantitative estimate of drug-likeness (QED) is 0.639. The average molecular weight is 272 g/mol. The second-order valence-electron chi connectivity index (χ2n) is 4.48. The van der Waals surface area contributed by atoms with Gasteiger partial charge in [0.1, 0.15) is 0 Å². The standard InChI is InChI=1S/C13H16N6O/c1-18(2)9-15-13-11(12(14)20)16-17-19(13)8-10-6-4-3-5-7-10/h3-7,9H,8H2,1-2H3,(H2,14,20)/b15-9+. The minimum atomic E-state index is -0.643. The van der Waals surface area contributed by atoms with Crippen LogP contribution in [0.3, 0.4) is 0 Å². The SMILES string of the molecule is CN(C)/C=N/c1c(C(N)=O)nnn1Cc1ccccc1. The molecule has 0 fully saturated rings. The number of hydrogen-bond acceptors (Lipinski definition) is 4. The zero-order chi connectivity index (χ0) is 14.5. The Morgan fingerprint density at radius 1 is 1.40 bits per heavy atom. The van der Waals surface area contributed by atoms with Gasteiger partial charge in [-0.25, -0.2) is 9.67 Å². The number of hydrogen-bond donors (Lipinski definition) is 1. The van der Waals surface area contributed by atoms with E-state index in [1.54, 1.807) is 15.9 Å². The number of carbonyl (C=O) groups excluding carboxylic acids is 1. The molecule has 0 radical (unpaired) electrons. The lowest BCUT2D eigenvalue weighted by molar-refractivity contribution is 0.0996. The molecule has 2 N–H and O–H groups in total. The summed E-state index contributed by atoms with van der Waals surface area (Å²) in [5.74, 6) is -0.287. The maximum Gasteiger partial charge on any atom is 0.273 e. The maximum absolute atomic E-state index is 11.4. The molecule has 0 saturated carbocycles. The van der Waals surface area contributed by atoms with E-state index in [1.807, 2.05) is 44.4 Å². The van der Waals surface area contributed by atoms with E-state index in [1.165, 1.54) is 0 Å². The lowest BCUT2D eigenvalue weighted by atomic mass is 10.2. The first kappa shape index (κ1) is 13.7. The molecule has 1 amide bonds. The van der Waals surface area contributed by atoms with Gasteiger partial charge in [0, 0.05) is 14.1 Å². The topological polar surface area (TPSA) is 89.4 Å². The number of nitrogens with two attached hydrogens (primary N) is 1. The Balaban J connectivity index is 2.35. The molecule has 0 bridgehead atoms.